The van der Waals surface area contributed by atoms with Crippen LogP contribution in [0.15, 0.2) is 23.5 Å². The third-order valence-corrected chi connectivity index (χ3v) is 4.32. The largest absolute Gasteiger partial charge is 0.379 e. The van der Waals surface area contributed by atoms with Gasteiger partial charge in [-0.05, 0) is 11.5 Å². The van der Waals surface area contributed by atoms with Gasteiger partial charge in [0, 0.05) is 59.3 Å². The van der Waals surface area contributed by atoms with Crippen molar-refractivity contribution in [1.82, 2.24) is 20.2 Å². The summed E-state index contributed by atoms with van der Waals surface area (Å²) >= 11 is 0. The molecule has 0 spiro atoms. The SMILES string of the molecule is CN=C(NCC(OC)C(C)(C)C)N1CCN(c2ncccn2)CC1.I. The average Bonchev–Trinajstić information content (AvgIpc) is 2.59. The van der Waals surface area contributed by atoms with Crippen LogP contribution in [0.3, 0.4) is 0 Å². The number of aromatic nitrogens is 2. The van der Waals surface area contributed by atoms with E-state index in [-0.39, 0.29) is 35.5 Å². The lowest BCUT2D eigenvalue weighted by atomic mass is 9.89. The second kappa shape index (κ2) is 10.1. The number of guanidine groups is 1. The number of ether oxygens (including phenoxy) is 1. The van der Waals surface area contributed by atoms with Gasteiger partial charge < -0.3 is 19.9 Å². The first-order chi connectivity index (χ1) is 11.5. The minimum atomic E-state index is 0. The minimum absolute atomic E-state index is 0. The van der Waals surface area contributed by atoms with Crippen LogP contribution in [0.2, 0.25) is 0 Å². The van der Waals surface area contributed by atoms with Crippen LogP contribution >= 0.6 is 24.0 Å². The number of nitrogens with zero attached hydrogens (tertiary/aromatic N) is 5. The minimum Gasteiger partial charge on any atom is -0.379 e. The maximum atomic E-state index is 5.61. The molecule has 1 aromatic heterocycles. The van der Waals surface area contributed by atoms with E-state index in [0.29, 0.717) is 0 Å². The molecule has 1 atom stereocenters. The smallest absolute Gasteiger partial charge is 0.225 e. The van der Waals surface area contributed by atoms with Crippen LogP contribution in [0.4, 0.5) is 5.95 Å². The van der Waals surface area contributed by atoms with Crippen molar-refractivity contribution in [2.75, 3.05) is 51.8 Å². The molecule has 2 heterocycles. The van der Waals surface area contributed by atoms with Crippen LogP contribution in [-0.2, 0) is 4.74 Å². The summed E-state index contributed by atoms with van der Waals surface area (Å²) in [6, 6.07) is 1.84. The number of hydrogen-bond acceptors (Lipinski definition) is 5. The third kappa shape index (κ3) is 6.25. The fourth-order valence-electron chi connectivity index (χ4n) is 2.83. The lowest BCUT2D eigenvalue weighted by Gasteiger charge is -2.37. The molecule has 1 fully saturated rings. The molecule has 142 valence electrons. The Morgan fingerprint density at radius 1 is 1.24 bits per heavy atom. The highest BCUT2D eigenvalue weighted by Gasteiger charge is 2.26. The highest BCUT2D eigenvalue weighted by atomic mass is 127. The van der Waals surface area contributed by atoms with Crippen LogP contribution in [0.5, 0.6) is 0 Å². The van der Waals surface area contributed by atoms with Crippen LogP contribution in [0, 0.1) is 5.41 Å². The maximum absolute atomic E-state index is 5.61. The van der Waals surface area contributed by atoms with Gasteiger partial charge in [0.15, 0.2) is 5.96 Å². The average molecular weight is 462 g/mol. The van der Waals surface area contributed by atoms with E-state index < -0.39 is 0 Å². The van der Waals surface area contributed by atoms with E-state index in [1.165, 1.54) is 0 Å². The summed E-state index contributed by atoms with van der Waals surface area (Å²) in [6.07, 6.45) is 3.70. The highest BCUT2D eigenvalue weighted by Crippen LogP contribution is 2.21. The van der Waals surface area contributed by atoms with Gasteiger partial charge in [-0.1, -0.05) is 20.8 Å². The summed E-state index contributed by atoms with van der Waals surface area (Å²) in [5, 5.41) is 3.45. The van der Waals surface area contributed by atoms with E-state index >= 15 is 0 Å². The third-order valence-electron chi connectivity index (χ3n) is 4.32. The Morgan fingerprint density at radius 3 is 2.32 bits per heavy atom. The molecule has 1 saturated heterocycles. The quantitative estimate of drug-likeness (QED) is 0.419. The number of methoxy groups -OCH3 is 1. The Balaban J connectivity index is 0.00000312. The molecule has 25 heavy (non-hydrogen) atoms. The Kier molecular flexibility index (Phi) is 8.84. The summed E-state index contributed by atoms with van der Waals surface area (Å²) in [5.74, 6) is 1.72. The van der Waals surface area contributed by atoms with Crippen LogP contribution in [-0.4, -0.2) is 73.8 Å². The van der Waals surface area contributed by atoms with E-state index in [1.807, 2.05) is 13.1 Å². The van der Waals surface area contributed by atoms with Crippen LogP contribution < -0.4 is 10.2 Å². The molecule has 1 aliphatic rings. The first kappa shape index (κ1) is 21.9. The van der Waals surface area contributed by atoms with Gasteiger partial charge in [-0.15, -0.1) is 24.0 Å². The first-order valence-electron chi connectivity index (χ1n) is 8.46. The number of nitrogens with one attached hydrogen (secondary N) is 1. The molecule has 0 radical (unpaired) electrons. The second-order valence-electron chi connectivity index (χ2n) is 7.04. The highest BCUT2D eigenvalue weighted by molar-refractivity contribution is 14.0. The first-order valence-corrected chi connectivity index (χ1v) is 8.46. The van der Waals surface area contributed by atoms with Crippen molar-refractivity contribution in [2.24, 2.45) is 10.4 Å². The molecule has 0 aliphatic carbocycles. The lowest BCUT2D eigenvalue weighted by Crippen LogP contribution is -2.54. The van der Waals surface area contributed by atoms with Gasteiger partial charge in [0.05, 0.1) is 6.10 Å². The van der Waals surface area contributed by atoms with Gasteiger partial charge in [0.2, 0.25) is 5.95 Å². The molecule has 1 aromatic rings. The fourth-order valence-corrected chi connectivity index (χ4v) is 2.83. The Labute approximate surface area is 168 Å². The molecule has 8 heteroatoms. The van der Waals surface area contributed by atoms with Gasteiger partial charge in [-0.3, -0.25) is 4.99 Å². The fraction of sp³-hybridized carbons (Fsp3) is 0.706. The van der Waals surface area contributed by atoms with E-state index in [0.717, 1.165) is 44.6 Å². The molecule has 7 nitrogen and oxygen atoms in total. The van der Waals surface area contributed by atoms with E-state index in [9.17, 15) is 0 Å². The predicted octanol–water partition coefficient (Wildman–Crippen LogP) is 1.85. The van der Waals surface area contributed by atoms with Crippen molar-refractivity contribution in [2.45, 2.75) is 26.9 Å². The summed E-state index contributed by atoms with van der Waals surface area (Å²) < 4.78 is 5.61. The summed E-state index contributed by atoms with van der Waals surface area (Å²) in [5.41, 5.74) is 0.0872. The number of halogens is 1. The zero-order chi connectivity index (χ0) is 17.6. The summed E-state index contributed by atoms with van der Waals surface area (Å²) in [7, 11) is 3.59. The number of piperazine rings is 1. The molecular formula is C17H31IN6O. The van der Waals surface area contributed by atoms with Crippen molar-refractivity contribution in [3.63, 3.8) is 0 Å². The molecule has 0 amide bonds. The van der Waals surface area contributed by atoms with Crippen molar-refractivity contribution < 1.29 is 4.74 Å². The zero-order valence-electron chi connectivity index (χ0n) is 15.9. The normalized spacial score (nSPS) is 17.1. The van der Waals surface area contributed by atoms with Crippen molar-refractivity contribution in [1.29, 1.82) is 0 Å². The van der Waals surface area contributed by atoms with E-state index in [1.54, 1.807) is 19.5 Å². The summed E-state index contributed by atoms with van der Waals surface area (Å²) in [6.45, 7) is 10.9. The van der Waals surface area contributed by atoms with Crippen molar-refractivity contribution in [3.8, 4) is 0 Å². The number of aliphatic imine (C=N–C) groups is 1. The van der Waals surface area contributed by atoms with E-state index in [2.05, 4.69) is 50.8 Å². The molecule has 2 rings (SSSR count). The van der Waals surface area contributed by atoms with Gasteiger partial charge in [0.25, 0.3) is 0 Å². The van der Waals surface area contributed by atoms with E-state index in [4.69, 9.17) is 4.74 Å². The Morgan fingerprint density at radius 2 is 1.84 bits per heavy atom. The van der Waals surface area contributed by atoms with Gasteiger partial charge in [-0.25, -0.2) is 9.97 Å². The Hall–Kier alpha value is -1.16. The molecule has 1 N–H and O–H groups in total. The van der Waals surface area contributed by atoms with Crippen molar-refractivity contribution >= 4 is 35.9 Å². The molecule has 0 bridgehead atoms. The number of rotatable bonds is 4. The molecular weight excluding hydrogens is 431 g/mol. The predicted molar refractivity (Wildman–Crippen MR) is 113 cm³/mol. The van der Waals surface area contributed by atoms with Gasteiger partial charge in [-0.2, -0.15) is 0 Å². The van der Waals surface area contributed by atoms with Crippen LogP contribution in [0.25, 0.3) is 0 Å². The standard InChI is InChI=1S/C17H30N6O.HI/c1-17(2,3)14(24-5)13-21-15(18-4)22-9-11-23(12-10-22)16-19-7-6-8-20-16;/h6-8,14H,9-13H2,1-5H3,(H,18,21);1H. The van der Waals surface area contributed by atoms with Gasteiger partial charge >= 0.3 is 0 Å². The lowest BCUT2D eigenvalue weighted by molar-refractivity contribution is 0.0201. The molecule has 0 saturated carbocycles. The molecule has 0 aromatic carbocycles. The monoisotopic (exact) mass is 462 g/mol. The van der Waals surface area contributed by atoms with Crippen molar-refractivity contribution in [3.05, 3.63) is 18.5 Å². The molecule has 1 unspecified atom stereocenters. The topological polar surface area (TPSA) is 65.9 Å². The summed E-state index contributed by atoms with van der Waals surface area (Å²) in [4.78, 5) is 17.5. The zero-order valence-corrected chi connectivity index (χ0v) is 18.2. The second-order valence-corrected chi connectivity index (χ2v) is 7.04. The Bertz CT molecular complexity index is 526. The number of hydrogen-bond donors (Lipinski definition) is 1. The van der Waals surface area contributed by atoms with Crippen LogP contribution in [0.1, 0.15) is 20.8 Å². The molecule has 1 aliphatic heterocycles. The number of anilines is 1. The maximum Gasteiger partial charge on any atom is 0.225 e. The van der Waals surface area contributed by atoms with Gasteiger partial charge in [0.1, 0.15) is 0 Å².